The van der Waals surface area contributed by atoms with E-state index in [1.165, 1.54) is 0 Å². The fraction of sp³-hybridized carbons (Fsp3) is 0.105. The second-order valence-corrected chi connectivity index (χ2v) is 9.84. The van der Waals surface area contributed by atoms with Gasteiger partial charge in [0.25, 0.3) is 11.1 Å². The first kappa shape index (κ1) is 22.4. The van der Waals surface area contributed by atoms with Gasteiger partial charge >= 0.3 is 0 Å². The molecule has 10 heteroatoms. The van der Waals surface area contributed by atoms with Gasteiger partial charge in [0.05, 0.1) is 12.0 Å². The number of halogens is 3. The normalized spacial score (nSPS) is 15.3. The summed E-state index contributed by atoms with van der Waals surface area (Å²) >= 11 is 10.8. The van der Waals surface area contributed by atoms with Gasteiger partial charge in [-0.2, -0.15) is 0 Å². The number of amides is 3. The summed E-state index contributed by atoms with van der Waals surface area (Å²) in [7, 11) is 0. The van der Waals surface area contributed by atoms with Gasteiger partial charge in [-0.3, -0.25) is 19.3 Å². The Balaban J connectivity index is 1.73. The first-order valence-corrected chi connectivity index (χ1v) is 11.5. The van der Waals surface area contributed by atoms with E-state index < -0.39 is 23.6 Å². The highest BCUT2D eigenvalue weighted by Gasteiger charge is 2.36. The van der Waals surface area contributed by atoms with Crippen molar-refractivity contribution in [1.29, 1.82) is 0 Å². The van der Waals surface area contributed by atoms with Crippen LogP contribution in [-0.4, -0.2) is 33.6 Å². The van der Waals surface area contributed by atoms with Crippen LogP contribution in [0, 0.1) is 14.1 Å². The smallest absolute Gasteiger partial charge is 0.294 e. The van der Waals surface area contributed by atoms with Crippen LogP contribution >= 0.6 is 68.5 Å². The molecule has 1 aliphatic heterocycles. The SMILES string of the molecule is Cc1ccc(NC(=O)CN2C(=O)S/C(=C/c3cc(I)c(O)c(I)c3)C2=O)cc1Cl. The third kappa shape index (κ3) is 5.25. The second kappa shape index (κ2) is 9.23. The maximum atomic E-state index is 12.6. The van der Waals surface area contributed by atoms with Gasteiger partial charge in [-0.05, 0) is 105 Å². The van der Waals surface area contributed by atoms with Crippen molar-refractivity contribution in [3.05, 3.63) is 58.5 Å². The molecular weight excluding hydrogens is 642 g/mol. The Morgan fingerprint density at radius 3 is 2.52 bits per heavy atom. The number of aromatic hydroxyl groups is 1. The average Bonchev–Trinajstić information content (AvgIpc) is 2.90. The van der Waals surface area contributed by atoms with E-state index >= 15 is 0 Å². The van der Waals surface area contributed by atoms with Crippen molar-refractivity contribution in [2.24, 2.45) is 0 Å². The van der Waals surface area contributed by atoms with Gasteiger partial charge in [-0.1, -0.05) is 17.7 Å². The molecule has 2 N–H and O–H groups in total. The van der Waals surface area contributed by atoms with E-state index in [4.69, 9.17) is 11.6 Å². The zero-order valence-corrected chi connectivity index (χ0v) is 20.7. The maximum Gasteiger partial charge on any atom is 0.294 e. The lowest BCUT2D eigenvalue weighted by Crippen LogP contribution is -2.36. The van der Waals surface area contributed by atoms with E-state index in [9.17, 15) is 19.5 Å². The minimum atomic E-state index is -0.532. The van der Waals surface area contributed by atoms with Crippen molar-refractivity contribution in [1.82, 2.24) is 4.90 Å². The molecule has 1 aliphatic rings. The third-order valence-electron chi connectivity index (χ3n) is 3.97. The van der Waals surface area contributed by atoms with Crippen molar-refractivity contribution in [3.8, 4) is 5.75 Å². The predicted molar refractivity (Wildman–Crippen MR) is 131 cm³/mol. The number of hydrogen-bond donors (Lipinski definition) is 2. The van der Waals surface area contributed by atoms with Crippen molar-refractivity contribution < 1.29 is 19.5 Å². The molecule has 2 aromatic carbocycles. The van der Waals surface area contributed by atoms with Crippen LogP contribution in [0.25, 0.3) is 6.08 Å². The molecule has 6 nitrogen and oxygen atoms in total. The van der Waals surface area contributed by atoms with Crippen LogP contribution < -0.4 is 5.32 Å². The Morgan fingerprint density at radius 2 is 1.90 bits per heavy atom. The Hall–Kier alpha value is -1.31. The van der Waals surface area contributed by atoms with Crippen LogP contribution in [0.3, 0.4) is 0 Å². The highest BCUT2D eigenvalue weighted by atomic mass is 127. The van der Waals surface area contributed by atoms with Crippen LogP contribution in [0.2, 0.25) is 5.02 Å². The number of aryl methyl sites for hydroxylation is 1. The molecule has 0 bridgehead atoms. The first-order valence-electron chi connectivity index (χ1n) is 8.15. The molecule has 3 amide bonds. The summed E-state index contributed by atoms with van der Waals surface area (Å²) in [6.07, 6.45) is 1.58. The van der Waals surface area contributed by atoms with Gasteiger partial charge in [0.2, 0.25) is 5.91 Å². The number of thioether (sulfide) groups is 1. The Bertz CT molecular complexity index is 1050. The quantitative estimate of drug-likeness (QED) is 0.348. The van der Waals surface area contributed by atoms with Crippen LogP contribution in [0.1, 0.15) is 11.1 Å². The van der Waals surface area contributed by atoms with Crippen molar-refractivity contribution >= 4 is 97.4 Å². The molecule has 29 heavy (non-hydrogen) atoms. The summed E-state index contributed by atoms with van der Waals surface area (Å²) in [5, 5.41) is 12.5. The minimum Gasteiger partial charge on any atom is -0.506 e. The number of nitrogens with zero attached hydrogens (tertiary/aromatic N) is 1. The first-order chi connectivity index (χ1) is 13.7. The molecule has 0 aliphatic carbocycles. The van der Waals surface area contributed by atoms with E-state index in [1.54, 1.807) is 36.4 Å². The van der Waals surface area contributed by atoms with E-state index in [-0.39, 0.29) is 10.7 Å². The van der Waals surface area contributed by atoms with Crippen molar-refractivity contribution in [3.63, 3.8) is 0 Å². The van der Waals surface area contributed by atoms with Gasteiger partial charge in [-0.15, -0.1) is 0 Å². The van der Waals surface area contributed by atoms with E-state index in [0.717, 1.165) is 22.2 Å². The van der Waals surface area contributed by atoms with Crippen LogP contribution in [-0.2, 0) is 9.59 Å². The maximum absolute atomic E-state index is 12.6. The lowest BCUT2D eigenvalue weighted by atomic mass is 10.2. The number of phenolic OH excluding ortho intramolecular Hbond substituents is 1. The highest BCUT2D eigenvalue weighted by molar-refractivity contribution is 14.1. The molecule has 3 rings (SSSR count). The summed E-state index contributed by atoms with van der Waals surface area (Å²) < 4.78 is 1.27. The monoisotopic (exact) mass is 654 g/mol. The zero-order valence-electron chi connectivity index (χ0n) is 14.8. The van der Waals surface area contributed by atoms with E-state index in [0.29, 0.717) is 23.4 Å². The Kier molecular flexibility index (Phi) is 7.12. The molecule has 1 fully saturated rings. The van der Waals surface area contributed by atoms with E-state index in [2.05, 4.69) is 5.32 Å². The summed E-state index contributed by atoms with van der Waals surface area (Å²) in [6, 6.07) is 8.48. The molecule has 0 aromatic heterocycles. The number of benzene rings is 2. The molecule has 1 heterocycles. The Labute approximate surface area is 203 Å². The summed E-state index contributed by atoms with van der Waals surface area (Å²) in [5.74, 6) is -0.860. The van der Waals surface area contributed by atoms with Gasteiger partial charge < -0.3 is 10.4 Å². The fourth-order valence-corrected chi connectivity index (χ4v) is 5.31. The van der Waals surface area contributed by atoms with Gasteiger partial charge in [0.15, 0.2) is 0 Å². The zero-order chi connectivity index (χ0) is 21.3. The molecule has 150 valence electrons. The number of phenols is 1. The van der Waals surface area contributed by atoms with Gasteiger partial charge in [0.1, 0.15) is 12.3 Å². The van der Waals surface area contributed by atoms with Crippen LogP contribution in [0.5, 0.6) is 5.75 Å². The summed E-state index contributed by atoms with van der Waals surface area (Å²) in [6.45, 7) is 1.45. The number of nitrogens with one attached hydrogen (secondary N) is 1. The van der Waals surface area contributed by atoms with Gasteiger partial charge in [0, 0.05) is 10.7 Å². The Morgan fingerprint density at radius 1 is 1.24 bits per heavy atom. The number of hydrogen-bond acceptors (Lipinski definition) is 5. The molecule has 0 atom stereocenters. The molecule has 1 saturated heterocycles. The number of anilines is 1. The summed E-state index contributed by atoms with van der Waals surface area (Å²) in [4.78, 5) is 38.3. The minimum absolute atomic E-state index is 0.171. The van der Waals surface area contributed by atoms with Crippen molar-refractivity contribution in [2.75, 3.05) is 11.9 Å². The molecular formula is C19H13ClI2N2O4S. The highest BCUT2D eigenvalue weighted by Crippen LogP contribution is 2.34. The topological polar surface area (TPSA) is 86.7 Å². The van der Waals surface area contributed by atoms with Crippen LogP contribution in [0.4, 0.5) is 10.5 Å². The number of carbonyl (C=O) groups is 3. The average molecular weight is 655 g/mol. The molecule has 0 saturated carbocycles. The standard InChI is InChI=1S/C19H13ClI2N2O4S/c1-9-2-3-11(7-12(9)20)23-16(25)8-24-18(27)15(29-19(24)28)6-10-4-13(21)17(26)14(22)5-10/h2-7,26H,8H2,1H3,(H,23,25)/b15-6+. The van der Waals surface area contributed by atoms with Crippen molar-refractivity contribution in [2.45, 2.75) is 6.92 Å². The molecule has 0 unspecified atom stereocenters. The molecule has 0 spiro atoms. The third-order valence-corrected chi connectivity index (χ3v) is 6.93. The predicted octanol–water partition coefficient (Wildman–Crippen LogP) is 5.24. The largest absolute Gasteiger partial charge is 0.506 e. The number of carbonyl (C=O) groups excluding carboxylic acids is 3. The lowest BCUT2D eigenvalue weighted by Gasteiger charge is -2.13. The lowest BCUT2D eigenvalue weighted by molar-refractivity contribution is -0.127. The number of imide groups is 1. The molecule has 0 radical (unpaired) electrons. The van der Waals surface area contributed by atoms with E-state index in [1.807, 2.05) is 52.1 Å². The van der Waals surface area contributed by atoms with Gasteiger partial charge in [-0.25, -0.2) is 0 Å². The molecule has 2 aromatic rings. The second-order valence-electron chi connectivity index (χ2n) is 6.11. The fourth-order valence-electron chi connectivity index (χ4n) is 2.47. The summed E-state index contributed by atoms with van der Waals surface area (Å²) in [5.41, 5.74) is 2.04. The number of rotatable bonds is 4. The van der Waals surface area contributed by atoms with Crippen LogP contribution in [0.15, 0.2) is 35.2 Å².